The van der Waals surface area contributed by atoms with E-state index in [0.717, 1.165) is 25.7 Å². The topological polar surface area (TPSA) is 17.1 Å². The van der Waals surface area contributed by atoms with Crippen molar-refractivity contribution >= 4 is 5.78 Å². The zero-order valence-corrected chi connectivity index (χ0v) is 7.68. The van der Waals surface area contributed by atoms with E-state index in [4.69, 9.17) is 0 Å². The van der Waals surface area contributed by atoms with Crippen LogP contribution >= 0.6 is 0 Å². The summed E-state index contributed by atoms with van der Waals surface area (Å²) in [6, 6.07) is 0. The highest BCUT2D eigenvalue weighted by Gasteiger charge is 2.30. The summed E-state index contributed by atoms with van der Waals surface area (Å²) in [5.41, 5.74) is -0.172. The summed E-state index contributed by atoms with van der Waals surface area (Å²) in [5.74, 6) is 0.264. The van der Waals surface area contributed by atoms with Gasteiger partial charge in [-0.15, -0.1) is 6.58 Å². The van der Waals surface area contributed by atoms with Gasteiger partial charge >= 0.3 is 0 Å². The molecule has 12 heavy (non-hydrogen) atoms. The molecule has 0 fully saturated rings. The molecule has 1 nitrogen and oxygen atoms in total. The van der Waals surface area contributed by atoms with Crippen molar-refractivity contribution in [1.82, 2.24) is 0 Å². The lowest BCUT2D eigenvalue weighted by Crippen LogP contribution is -2.24. The first-order chi connectivity index (χ1) is 5.69. The van der Waals surface area contributed by atoms with Gasteiger partial charge in [-0.1, -0.05) is 19.1 Å². The molecule has 0 aliphatic heterocycles. The maximum atomic E-state index is 11.6. The zero-order chi connectivity index (χ0) is 9.03. The molecule has 0 saturated carbocycles. The van der Waals surface area contributed by atoms with Crippen molar-refractivity contribution in [2.75, 3.05) is 0 Å². The number of carbonyl (C=O) groups excluding carboxylic acids is 1. The molecule has 0 spiro atoms. The van der Waals surface area contributed by atoms with Crippen molar-refractivity contribution in [3.05, 3.63) is 24.8 Å². The molecule has 0 amide bonds. The van der Waals surface area contributed by atoms with Gasteiger partial charge in [0.25, 0.3) is 0 Å². The average molecular weight is 164 g/mol. The highest BCUT2D eigenvalue weighted by Crippen LogP contribution is 2.32. The summed E-state index contributed by atoms with van der Waals surface area (Å²) < 4.78 is 0. The third-order valence-electron chi connectivity index (χ3n) is 2.56. The van der Waals surface area contributed by atoms with Crippen LogP contribution in [-0.4, -0.2) is 5.78 Å². The lowest BCUT2D eigenvalue weighted by molar-refractivity contribution is -0.123. The van der Waals surface area contributed by atoms with Crippen LogP contribution in [0.3, 0.4) is 0 Å². The van der Waals surface area contributed by atoms with E-state index >= 15 is 0 Å². The van der Waals surface area contributed by atoms with Gasteiger partial charge in [-0.3, -0.25) is 4.79 Å². The Morgan fingerprint density at radius 3 is 3.17 bits per heavy atom. The Hall–Kier alpha value is -0.850. The molecule has 0 aromatic rings. The minimum absolute atomic E-state index is 0.172. The molecular weight excluding hydrogens is 148 g/mol. The number of carbonyl (C=O) groups is 1. The molecule has 0 N–H and O–H groups in total. The first kappa shape index (κ1) is 9.24. The second-order valence-corrected chi connectivity index (χ2v) is 3.71. The molecule has 0 heterocycles. The normalized spacial score (nSPS) is 29.9. The van der Waals surface area contributed by atoms with Gasteiger partial charge in [0.1, 0.15) is 0 Å². The number of hydrogen-bond donors (Lipinski definition) is 0. The number of ketones is 1. The Bertz CT molecular complexity index is 215. The van der Waals surface area contributed by atoms with Crippen LogP contribution in [0.4, 0.5) is 0 Å². The number of hydrogen-bond acceptors (Lipinski definition) is 1. The summed E-state index contributed by atoms with van der Waals surface area (Å²) >= 11 is 0. The molecule has 0 radical (unpaired) electrons. The molecule has 0 unspecified atom stereocenters. The monoisotopic (exact) mass is 164 g/mol. The average Bonchev–Trinajstić information content (AvgIpc) is 2.17. The maximum absolute atomic E-state index is 11.6. The van der Waals surface area contributed by atoms with Crippen molar-refractivity contribution in [2.45, 2.75) is 32.6 Å². The van der Waals surface area contributed by atoms with E-state index in [1.165, 1.54) is 0 Å². The number of rotatable bonds is 2. The van der Waals surface area contributed by atoms with E-state index in [2.05, 4.69) is 6.58 Å². The number of allylic oxidation sites excluding steroid dienone is 3. The maximum Gasteiger partial charge on any atom is 0.161 e. The first-order valence-corrected chi connectivity index (χ1v) is 4.51. The fourth-order valence-corrected chi connectivity index (χ4v) is 1.65. The largest absolute Gasteiger partial charge is 0.294 e. The second kappa shape index (κ2) is 3.70. The van der Waals surface area contributed by atoms with E-state index < -0.39 is 0 Å². The molecule has 1 rings (SSSR count). The molecule has 1 heteroatoms. The molecule has 66 valence electrons. The predicted molar refractivity (Wildman–Crippen MR) is 50.9 cm³/mol. The van der Waals surface area contributed by atoms with Crippen molar-refractivity contribution in [3.8, 4) is 0 Å². The van der Waals surface area contributed by atoms with Gasteiger partial charge < -0.3 is 0 Å². The Morgan fingerprint density at radius 2 is 2.50 bits per heavy atom. The van der Waals surface area contributed by atoms with Crippen molar-refractivity contribution < 1.29 is 4.79 Å². The van der Waals surface area contributed by atoms with Crippen LogP contribution in [0.1, 0.15) is 32.6 Å². The van der Waals surface area contributed by atoms with Crippen LogP contribution in [0.15, 0.2) is 24.8 Å². The quantitative estimate of drug-likeness (QED) is 0.573. The molecule has 0 bridgehead atoms. The van der Waals surface area contributed by atoms with Crippen LogP contribution in [0.25, 0.3) is 0 Å². The van der Waals surface area contributed by atoms with Crippen LogP contribution in [0.5, 0.6) is 0 Å². The van der Waals surface area contributed by atoms with Crippen molar-refractivity contribution in [2.24, 2.45) is 5.41 Å². The van der Waals surface area contributed by atoms with Gasteiger partial charge in [0, 0.05) is 5.41 Å². The minimum Gasteiger partial charge on any atom is -0.294 e. The zero-order valence-electron chi connectivity index (χ0n) is 7.68. The first-order valence-electron chi connectivity index (χ1n) is 4.51. The third kappa shape index (κ3) is 1.84. The lowest BCUT2D eigenvalue weighted by Gasteiger charge is -2.23. The van der Waals surface area contributed by atoms with Gasteiger partial charge in [0.15, 0.2) is 5.78 Å². The van der Waals surface area contributed by atoms with Gasteiger partial charge in [0.05, 0.1) is 0 Å². The molecule has 1 aliphatic carbocycles. The van der Waals surface area contributed by atoms with Crippen LogP contribution in [0, 0.1) is 5.41 Å². The Morgan fingerprint density at radius 1 is 1.75 bits per heavy atom. The summed E-state index contributed by atoms with van der Waals surface area (Å²) in [7, 11) is 0. The summed E-state index contributed by atoms with van der Waals surface area (Å²) in [6.07, 6.45) is 9.51. The second-order valence-electron chi connectivity index (χ2n) is 3.71. The molecule has 0 aromatic heterocycles. The smallest absolute Gasteiger partial charge is 0.161 e. The fraction of sp³-hybridized carbons (Fsp3) is 0.545. The van der Waals surface area contributed by atoms with E-state index in [0.29, 0.717) is 0 Å². The highest BCUT2D eigenvalue weighted by atomic mass is 16.1. The van der Waals surface area contributed by atoms with Gasteiger partial charge in [-0.05, 0) is 31.8 Å². The standard InChI is InChI=1S/C11H16O/c1-3-8-11(2)9-6-4-5-7-10(11)12/h3,5,7H,1,4,6,8-9H2,2H3/t11-/m1/s1. The van der Waals surface area contributed by atoms with Crippen LogP contribution < -0.4 is 0 Å². The van der Waals surface area contributed by atoms with Gasteiger partial charge in [-0.2, -0.15) is 0 Å². The summed E-state index contributed by atoms with van der Waals surface area (Å²) in [5, 5.41) is 0. The molecule has 1 atom stereocenters. The van der Waals surface area contributed by atoms with Gasteiger partial charge in [0.2, 0.25) is 0 Å². The lowest BCUT2D eigenvalue weighted by atomic mass is 9.79. The minimum atomic E-state index is -0.172. The highest BCUT2D eigenvalue weighted by molar-refractivity contribution is 5.94. The van der Waals surface area contributed by atoms with E-state index in [1.807, 2.05) is 19.1 Å². The predicted octanol–water partition coefficient (Wildman–Crippen LogP) is 2.88. The van der Waals surface area contributed by atoms with Gasteiger partial charge in [-0.25, -0.2) is 0 Å². The summed E-state index contributed by atoms with van der Waals surface area (Å²) in [6.45, 7) is 5.72. The molecule has 0 aromatic carbocycles. The fourth-order valence-electron chi connectivity index (χ4n) is 1.65. The molecular formula is C11H16O. The van der Waals surface area contributed by atoms with Crippen molar-refractivity contribution in [1.29, 1.82) is 0 Å². The van der Waals surface area contributed by atoms with Crippen molar-refractivity contribution in [3.63, 3.8) is 0 Å². The summed E-state index contributed by atoms with van der Waals surface area (Å²) in [4.78, 5) is 11.6. The Balaban J connectivity index is 2.77. The van der Waals surface area contributed by atoms with E-state index in [-0.39, 0.29) is 11.2 Å². The molecule has 1 aliphatic rings. The SMILES string of the molecule is C=CC[C@]1(C)CCCC=CC1=O. The van der Waals surface area contributed by atoms with Crippen LogP contribution in [0.2, 0.25) is 0 Å². The Labute approximate surface area is 74.2 Å². The third-order valence-corrected chi connectivity index (χ3v) is 2.56. The Kier molecular flexibility index (Phi) is 2.85. The van der Waals surface area contributed by atoms with E-state index in [9.17, 15) is 4.79 Å². The van der Waals surface area contributed by atoms with E-state index in [1.54, 1.807) is 6.08 Å². The van der Waals surface area contributed by atoms with Crippen LogP contribution in [-0.2, 0) is 4.79 Å². The molecule has 0 saturated heterocycles.